The third-order valence-electron chi connectivity index (χ3n) is 2.78. The van der Waals surface area contributed by atoms with Crippen LogP contribution in [0.15, 0.2) is 18.2 Å². The van der Waals surface area contributed by atoms with Crippen molar-refractivity contribution in [3.8, 4) is 0 Å². The first-order valence-corrected chi connectivity index (χ1v) is 6.52. The van der Waals surface area contributed by atoms with E-state index >= 15 is 0 Å². The van der Waals surface area contributed by atoms with Gasteiger partial charge in [-0.05, 0) is 30.6 Å². The zero-order valence-corrected chi connectivity index (χ0v) is 11.9. The molecule has 5 nitrogen and oxygen atoms in total. The minimum absolute atomic E-state index is 0.104. The second-order valence-corrected chi connectivity index (χ2v) is 5.03. The van der Waals surface area contributed by atoms with E-state index in [0.29, 0.717) is 6.07 Å². The minimum Gasteiger partial charge on any atom is -0.478 e. The maximum Gasteiger partial charge on any atom is 0.340 e. The Balaban J connectivity index is 2.42. The number of carbonyl (C=O) groups excluding carboxylic acids is 1. The monoisotopic (exact) mass is 312 g/mol. The lowest BCUT2D eigenvalue weighted by Gasteiger charge is -2.16. The average molecular weight is 312 g/mol. The van der Waals surface area contributed by atoms with Crippen molar-refractivity contribution in [2.75, 3.05) is 11.9 Å². The maximum atomic E-state index is 13.2. The number of anilines is 1. The zero-order valence-electron chi connectivity index (χ0n) is 11.1. The zero-order chi connectivity index (χ0) is 15.7. The molecular formula is C13H10F2N2O3S. The van der Waals surface area contributed by atoms with Crippen LogP contribution < -0.4 is 4.90 Å². The van der Waals surface area contributed by atoms with Gasteiger partial charge in [0, 0.05) is 18.7 Å². The number of aromatic carboxylic acids is 1. The van der Waals surface area contributed by atoms with Gasteiger partial charge in [0.15, 0.2) is 0 Å². The van der Waals surface area contributed by atoms with Crippen molar-refractivity contribution in [2.45, 2.75) is 6.92 Å². The average Bonchev–Trinajstić information content (AvgIpc) is 2.77. The van der Waals surface area contributed by atoms with E-state index in [0.717, 1.165) is 28.6 Å². The highest BCUT2D eigenvalue weighted by Crippen LogP contribution is 2.29. The summed E-state index contributed by atoms with van der Waals surface area (Å²) in [7, 11) is 1.32. The number of aromatic nitrogens is 1. The van der Waals surface area contributed by atoms with E-state index in [1.807, 2.05) is 0 Å². The molecule has 21 heavy (non-hydrogen) atoms. The molecule has 0 radical (unpaired) electrons. The van der Waals surface area contributed by atoms with Gasteiger partial charge in [-0.25, -0.2) is 13.6 Å². The SMILES string of the molecule is Cc1nsc(N(C)C(=O)c2cc(F)cc(F)c2)c1C(=O)O. The topological polar surface area (TPSA) is 70.5 Å². The molecule has 0 saturated carbocycles. The molecule has 0 unspecified atom stereocenters. The fourth-order valence-electron chi connectivity index (χ4n) is 1.80. The van der Waals surface area contributed by atoms with Gasteiger partial charge in [-0.2, -0.15) is 4.37 Å². The summed E-state index contributed by atoms with van der Waals surface area (Å²) in [5.41, 5.74) is -0.0438. The Morgan fingerprint density at radius 3 is 2.33 bits per heavy atom. The van der Waals surface area contributed by atoms with Gasteiger partial charge in [-0.15, -0.1) is 0 Å². The third-order valence-corrected chi connectivity index (χ3v) is 3.79. The summed E-state index contributed by atoms with van der Waals surface area (Å²) < 4.78 is 30.2. The molecule has 0 aliphatic carbocycles. The molecule has 1 aromatic carbocycles. The predicted molar refractivity (Wildman–Crippen MR) is 72.9 cm³/mol. The van der Waals surface area contributed by atoms with Crippen molar-refractivity contribution in [1.29, 1.82) is 0 Å². The summed E-state index contributed by atoms with van der Waals surface area (Å²) in [5.74, 6) is -3.71. The molecule has 0 atom stereocenters. The van der Waals surface area contributed by atoms with Crippen LogP contribution in [0.25, 0.3) is 0 Å². The van der Waals surface area contributed by atoms with Crippen LogP contribution in [0.5, 0.6) is 0 Å². The van der Waals surface area contributed by atoms with Gasteiger partial charge in [0.1, 0.15) is 22.2 Å². The van der Waals surface area contributed by atoms with Crippen LogP contribution in [-0.2, 0) is 0 Å². The third kappa shape index (κ3) is 2.89. The van der Waals surface area contributed by atoms with Crippen LogP contribution in [0.3, 0.4) is 0 Å². The molecule has 0 spiro atoms. The number of carboxylic acid groups (broad SMARTS) is 1. The number of carbonyl (C=O) groups is 2. The second kappa shape index (κ2) is 5.57. The van der Waals surface area contributed by atoms with Crippen molar-refractivity contribution in [1.82, 2.24) is 4.37 Å². The first-order chi connectivity index (χ1) is 9.81. The summed E-state index contributed by atoms with van der Waals surface area (Å²) >= 11 is 0.831. The fourth-order valence-corrected chi connectivity index (χ4v) is 2.64. The summed E-state index contributed by atoms with van der Waals surface area (Å²) in [5, 5.41) is 9.24. The van der Waals surface area contributed by atoms with E-state index in [1.165, 1.54) is 14.0 Å². The normalized spacial score (nSPS) is 10.5. The van der Waals surface area contributed by atoms with Gasteiger partial charge in [-0.1, -0.05) is 0 Å². The highest BCUT2D eigenvalue weighted by Gasteiger charge is 2.25. The van der Waals surface area contributed by atoms with E-state index in [9.17, 15) is 18.4 Å². The number of nitrogens with zero attached hydrogens (tertiary/aromatic N) is 2. The number of aryl methyl sites for hydroxylation is 1. The highest BCUT2D eigenvalue weighted by atomic mass is 32.1. The minimum atomic E-state index is -1.22. The Morgan fingerprint density at radius 2 is 1.81 bits per heavy atom. The molecule has 0 fully saturated rings. The lowest BCUT2D eigenvalue weighted by molar-refractivity contribution is 0.0697. The van der Waals surface area contributed by atoms with Crippen molar-refractivity contribution in [2.24, 2.45) is 0 Å². The summed E-state index contributed by atoms with van der Waals surface area (Å²) in [4.78, 5) is 24.4. The van der Waals surface area contributed by atoms with Crippen molar-refractivity contribution in [3.63, 3.8) is 0 Å². The molecule has 0 aliphatic rings. The Morgan fingerprint density at radius 1 is 1.24 bits per heavy atom. The van der Waals surface area contributed by atoms with Crippen molar-refractivity contribution < 1.29 is 23.5 Å². The summed E-state index contributed by atoms with van der Waals surface area (Å²) in [6.45, 7) is 1.50. The van der Waals surface area contributed by atoms with Gasteiger partial charge in [0.2, 0.25) is 0 Å². The number of amides is 1. The van der Waals surface area contributed by atoms with Crippen LogP contribution in [0.2, 0.25) is 0 Å². The van der Waals surface area contributed by atoms with Crippen molar-refractivity contribution in [3.05, 3.63) is 46.7 Å². The van der Waals surface area contributed by atoms with Crippen LogP contribution in [0, 0.1) is 18.6 Å². The van der Waals surface area contributed by atoms with Gasteiger partial charge in [0.05, 0.1) is 5.69 Å². The molecule has 1 amide bonds. The first-order valence-electron chi connectivity index (χ1n) is 5.75. The number of carboxylic acids is 1. The van der Waals surface area contributed by atoms with Crippen LogP contribution in [-0.4, -0.2) is 28.4 Å². The Hall–Kier alpha value is -2.35. The van der Waals surface area contributed by atoms with Crippen LogP contribution in [0.1, 0.15) is 26.4 Å². The van der Waals surface area contributed by atoms with E-state index in [-0.39, 0.29) is 21.8 Å². The number of rotatable bonds is 3. The Labute approximate surface area is 122 Å². The fraction of sp³-hybridized carbons (Fsp3) is 0.154. The number of halogens is 2. The molecular weight excluding hydrogens is 302 g/mol. The molecule has 0 aliphatic heterocycles. The predicted octanol–water partition coefficient (Wildman–Crippen LogP) is 2.70. The lowest BCUT2D eigenvalue weighted by atomic mass is 10.2. The second-order valence-electron chi connectivity index (χ2n) is 4.28. The summed E-state index contributed by atoms with van der Waals surface area (Å²) in [6, 6.07) is 2.42. The number of hydrogen-bond acceptors (Lipinski definition) is 4. The van der Waals surface area contributed by atoms with Crippen LogP contribution in [0.4, 0.5) is 13.8 Å². The van der Waals surface area contributed by atoms with Crippen molar-refractivity contribution >= 4 is 28.4 Å². The quantitative estimate of drug-likeness (QED) is 0.946. The van der Waals surface area contributed by atoms with E-state index in [4.69, 9.17) is 5.11 Å². The molecule has 1 N–H and O–H groups in total. The van der Waals surface area contributed by atoms with Crippen LogP contribution >= 0.6 is 11.5 Å². The molecule has 110 valence electrons. The number of benzene rings is 1. The highest BCUT2D eigenvalue weighted by molar-refractivity contribution is 7.11. The molecule has 0 bridgehead atoms. The molecule has 2 rings (SSSR count). The maximum absolute atomic E-state index is 13.2. The molecule has 8 heteroatoms. The number of hydrogen-bond donors (Lipinski definition) is 1. The smallest absolute Gasteiger partial charge is 0.340 e. The molecule has 1 aromatic heterocycles. The first kappa shape index (κ1) is 15.0. The van der Waals surface area contributed by atoms with Gasteiger partial charge < -0.3 is 10.0 Å². The van der Waals surface area contributed by atoms with E-state index < -0.39 is 23.5 Å². The molecule has 2 aromatic rings. The standard InChI is InChI=1S/C13H10F2N2O3S/c1-6-10(13(19)20)12(21-16-6)17(2)11(18)7-3-8(14)5-9(15)4-7/h3-5H,1-2H3,(H,19,20). The van der Waals surface area contributed by atoms with Gasteiger partial charge >= 0.3 is 5.97 Å². The van der Waals surface area contributed by atoms with Gasteiger partial charge in [0.25, 0.3) is 5.91 Å². The Bertz CT molecular complexity index is 710. The van der Waals surface area contributed by atoms with Gasteiger partial charge in [-0.3, -0.25) is 4.79 Å². The lowest BCUT2D eigenvalue weighted by Crippen LogP contribution is -2.27. The molecule has 1 heterocycles. The van der Waals surface area contributed by atoms with E-state index in [1.54, 1.807) is 0 Å². The summed E-state index contributed by atoms with van der Waals surface area (Å²) in [6.07, 6.45) is 0. The Kier molecular flexibility index (Phi) is 3.99. The molecule has 0 saturated heterocycles. The largest absolute Gasteiger partial charge is 0.478 e. The van der Waals surface area contributed by atoms with E-state index in [2.05, 4.69) is 4.37 Å².